The molecule has 1 fully saturated rings. The lowest BCUT2D eigenvalue weighted by Crippen LogP contribution is -2.23. The maximum absolute atomic E-state index is 9.10. The van der Waals surface area contributed by atoms with Crippen LogP contribution in [0, 0.1) is 0 Å². The molecule has 0 spiro atoms. The van der Waals surface area contributed by atoms with E-state index in [4.69, 9.17) is 19.8 Å². The quantitative estimate of drug-likeness (QED) is 0.731. The van der Waals surface area contributed by atoms with Crippen molar-refractivity contribution in [2.45, 2.75) is 51.5 Å². The average Bonchev–Trinajstić information content (AvgIpc) is 2.92. The smallest absolute Gasteiger partial charge is 0.414 e. The summed E-state index contributed by atoms with van der Waals surface area (Å²) in [6, 6.07) is 9.86. The summed E-state index contributed by atoms with van der Waals surface area (Å²) in [6.07, 6.45) is 3.86. The molecule has 1 aliphatic rings. The van der Waals surface area contributed by atoms with Crippen molar-refractivity contribution in [3.63, 3.8) is 0 Å². The van der Waals surface area contributed by atoms with Gasteiger partial charge in [-0.3, -0.25) is 0 Å². The number of rotatable bonds is 2. The molecule has 3 N–H and O–H groups in total. The van der Waals surface area contributed by atoms with Crippen LogP contribution < -0.4 is 5.32 Å². The molecule has 122 valence electrons. The first-order valence-electron chi connectivity index (χ1n) is 7.49. The van der Waals surface area contributed by atoms with Crippen LogP contribution in [-0.4, -0.2) is 34.7 Å². The maximum Gasteiger partial charge on any atom is 0.414 e. The molecule has 5 nitrogen and oxygen atoms in total. The number of hydrogen-bond acceptors (Lipinski definition) is 3. The van der Waals surface area contributed by atoms with Gasteiger partial charge in [0.25, 0.3) is 0 Å². The molecule has 22 heavy (non-hydrogen) atoms. The van der Waals surface area contributed by atoms with Gasteiger partial charge in [-0.2, -0.15) is 0 Å². The molecule has 0 bridgehead atoms. The van der Waals surface area contributed by atoms with Gasteiger partial charge >= 0.3 is 11.9 Å². The molecule has 0 aliphatic carbocycles. The number of carboxylic acids is 2. The van der Waals surface area contributed by atoms with Gasteiger partial charge in [0.1, 0.15) is 0 Å². The Balaban J connectivity index is 0.000000346. The standard InChI is InChI=1S/C15H23N.C2H2O4/c1-15(2,3)13-8-6-12(7-9-13)11-14-5-4-10-16-14;3-1(4)2(5)6/h6-9,14,16H,4-5,10-11H2,1-3H3;(H,3,4)(H,5,6). The lowest BCUT2D eigenvalue weighted by molar-refractivity contribution is -0.159. The SMILES string of the molecule is CC(C)(C)c1ccc(CC2CCCN2)cc1.O=C(O)C(=O)O. The van der Waals surface area contributed by atoms with E-state index in [-0.39, 0.29) is 5.41 Å². The minimum Gasteiger partial charge on any atom is -0.473 e. The maximum atomic E-state index is 9.10. The van der Waals surface area contributed by atoms with Gasteiger partial charge in [0, 0.05) is 6.04 Å². The molecular weight excluding hydrogens is 282 g/mol. The summed E-state index contributed by atoms with van der Waals surface area (Å²) in [5.74, 6) is -3.65. The van der Waals surface area contributed by atoms with Crippen molar-refractivity contribution in [2.24, 2.45) is 0 Å². The van der Waals surface area contributed by atoms with Gasteiger partial charge in [0.2, 0.25) is 0 Å². The zero-order valence-corrected chi connectivity index (χ0v) is 13.4. The second-order valence-electron chi connectivity index (χ2n) is 6.55. The van der Waals surface area contributed by atoms with Gasteiger partial charge in [-0.25, -0.2) is 9.59 Å². The van der Waals surface area contributed by atoms with Crippen LogP contribution in [0.3, 0.4) is 0 Å². The van der Waals surface area contributed by atoms with Crippen molar-refractivity contribution in [2.75, 3.05) is 6.54 Å². The zero-order valence-electron chi connectivity index (χ0n) is 13.4. The number of carbonyl (C=O) groups is 2. The third-order valence-corrected chi connectivity index (χ3v) is 3.65. The molecular formula is C17H25NO4. The van der Waals surface area contributed by atoms with Crippen LogP contribution in [0.5, 0.6) is 0 Å². The highest BCUT2D eigenvalue weighted by Gasteiger charge is 2.16. The van der Waals surface area contributed by atoms with E-state index in [9.17, 15) is 0 Å². The van der Waals surface area contributed by atoms with Crippen molar-refractivity contribution in [3.8, 4) is 0 Å². The van der Waals surface area contributed by atoms with E-state index in [1.807, 2.05) is 0 Å². The number of benzene rings is 1. The fourth-order valence-electron chi connectivity index (χ4n) is 2.36. The third kappa shape index (κ3) is 6.26. The highest BCUT2D eigenvalue weighted by Crippen LogP contribution is 2.23. The molecule has 0 saturated carbocycles. The monoisotopic (exact) mass is 307 g/mol. The average molecular weight is 307 g/mol. The van der Waals surface area contributed by atoms with Gasteiger partial charge in [0.15, 0.2) is 0 Å². The first kappa shape index (κ1) is 18.2. The van der Waals surface area contributed by atoms with Crippen LogP contribution in [0.2, 0.25) is 0 Å². The Bertz CT molecular complexity index is 484. The topological polar surface area (TPSA) is 86.6 Å². The van der Waals surface area contributed by atoms with Crippen molar-refractivity contribution >= 4 is 11.9 Å². The van der Waals surface area contributed by atoms with Crippen LogP contribution >= 0.6 is 0 Å². The van der Waals surface area contributed by atoms with E-state index in [1.54, 1.807) is 0 Å². The number of nitrogens with one attached hydrogen (secondary N) is 1. The predicted octanol–water partition coefficient (Wildman–Crippen LogP) is 2.43. The molecule has 1 heterocycles. The summed E-state index contributed by atoms with van der Waals surface area (Å²) >= 11 is 0. The van der Waals surface area contributed by atoms with Crippen LogP contribution in [0.1, 0.15) is 44.7 Å². The van der Waals surface area contributed by atoms with E-state index >= 15 is 0 Å². The fraction of sp³-hybridized carbons (Fsp3) is 0.529. The largest absolute Gasteiger partial charge is 0.473 e. The predicted molar refractivity (Wildman–Crippen MR) is 85.1 cm³/mol. The van der Waals surface area contributed by atoms with Crippen LogP contribution in [-0.2, 0) is 21.4 Å². The molecule has 1 unspecified atom stereocenters. The molecule has 0 radical (unpaired) electrons. The minimum absolute atomic E-state index is 0.268. The summed E-state index contributed by atoms with van der Waals surface area (Å²) in [4.78, 5) is 18.2. The molecule has 5 heteroatoms. The van der Waals surface area contributed by atoms with Crippen LogP contribution in [0.4, 0.5) is 0 Å². The molecule has 1 atom stereocenters. The summed E-state index contributed by atoms with van der Waals surface area (Å²) < 4.78 is 0. The molecule has 1 saturated heterocycles. The second-order valence-corrected chi connectivity index (χ2v) is 6.55. The molecule has 1 aliphatic heterocycles. The molecule has 1 aromatic rings. The summed E-state index contributed by atoms with van der Waals surface area (Å²) in [7, 11) is 0. The molecule has 0 amide bonds. The van der Waals surface area contributed by atoms with Gasteiger partial charge in [-0.1, -0.05) is 45.0 Å². The fourth-order valence-corrected chi connectivity index (χ4v) is 2.36. The van der Waals surface area contributed by atoms with Crippen molar-refractivity contribution in [3.05, 3.63) is 35.4 Å². The number of hydrogen-bond donors (Lipinski definition) is 3. The second kappa shape index (κ2) is 7.94. The number of aliphatic carboxylic acids is 2. The summed E-state index contributed by atoms with van der Waals surface area (Å²) in [5, 5.41) is 18.3. The Kier molecular flexibility index (Phi) is 6.56. The van der Waals surface area contributed by atoms with Crippen molar-refractivity contribution < 1.29 is 19.8 Å². The lowest BCUT2D eigenvalue weighted by Gasteiger charge is -2.19. The Hall–Kier alpha value is -1.88. The first-order valence-corrected chi connectivity index (χ1v) is 7.49. The van der Waals surface area contributed by atoms with Crippen LogP contribution in [0.15, 0.2) is 24.3 Å². The van der Waals surface area contributed by atoms with Gasteiger partial charge in [-0.05, 0) is 42.3 Å². The molecule has 0 aromatic heterocycles. The first-order chi connectivity index (χ1) is 10.2. The third-order valence-electron chi connectivity index (χ3n) is 3.65. The van der Waals surface area contributed by atoms with Gasteiger partial charge in [-0.15, -0.1) is 0 Å². The van der Waals surface area contributed by atoms with Crippen LogP contribution in [0.25, 0.3) is 0 Å². The van der Waals surface area contributed by atoms with Gasteiger partial charge < -0.3 is 15.5 Å². The highest BCUT2D eigenvalue weighted by atomic mass is 16.4. The van der Waals surface area contributed by atoms with Crippen molar-refractivity contribution in [1.82, 2.24) is 5.32 Å². The normalized spacial score (nSPS) is 17.5. The Morgan fingerprint density at radius 3 is 2.05 bits per heavy atom. The Morgan fingerprint density at radius 1 is 1.14 bits per heavy atom. The zero-order chi connectivity index (χ0) is 16.8. The highest BCUT2D eigenvalue weighted by molar-refractivity contribution is 6.27. The van der Waals surface area contributed by atoms with E-state index < -0.39 is 11.9 Å². The number of carboxylic acid groups (broad SMARTS) is 2. The molecule has 2 rings (SSSR count). The van der Waals surface area contributed by atoms with Crippen molar-refractivity contribution in [1.29, 1.82) is 0 Å². The minimum atomic E-state index is -1.82. The van der Waals surface area contributed by atoms with E-state index in [1.165, 1.54) is 36.9 Å². The van der Waals surface area contributed by atoms with E-state index in [2.05, 4.69) is 50.4 Å². The van der Waals surface area contributed by atoms with Gasteiger partial charge in [0.05, 0.1) is 0 Å². The Labute approximate surface area is 131 Å². The van der Waals surface area contributed by atoms with E-state index in [0.717, 1.165) is 0 Å². The summed E-state index contributed by atoms with van der Waals surface area (Å²) in [5.41, 5.74) is 3.16. The van der Waals surface area contributed by atoms with E-state index in [0.29, 0.717) is 6.04 Å². The summed E-state index contributed by atoms with van der Waals surface area (Å²) in [6.45, 7) is 7.99. The molecule has 1 aromatic carbocycles. The lowest BCUT2D eigenvalue weighted by atomic mass is 9.86. The Morgan fingerprint density at radius 2 is 1.68 bits per heavy atom.